The van der Waals surface area contributed by atoms with Crippen LogP contribution in [0.4, 0.5) is 5.69 Å². The van der Waals surface area contributed by atoms with E-state index in [0.717, 1.165) is 30.5 Å². The summed E-state index contributed by atoms with van der Waals surface area (Å²) >= 11 is 12.1. The molecule has 0 aromatic heterocycles. The first kappa shape index (κ1) is 13.6. The number of rotatable bonds is 2. The van der Waals surface area contributed by atoms with Crippen molar-refractivity contribution in [1.82, 2.24) is 0 Å². The summed E-state index contributed by atoms with van der Waals surface area (Å²) in [5, 5.41) is 14.4. The van der Waals surface area contributed by atoms with E-state index in [1.165, 1.54) is 5.56 Å². The fourth-order valence-corrected chi connectivity index (χ4v) is 3.30. The van der Waals surface area contributed by atoms with Gasteiger partial charge in [-0.1, -0.05) is 29.3 Å². The molecule has 1 aliphatic rings. The zero-order chi connectivity index (χ0) is 14.1. The van der Waals surface area contributed by atoms with E-state index in [9.17, 15) is 5.11 Å². The van der Waals surface area contributed by atoms with Gasteiger partial charge in [-0.15, -0.1) is 0 Å². The number of hydrogen-bond donors (Lipinski definition) is 2. The van der Waals surface area contributed by atoms with Crippen molar-refractivity contribution in [2.24, 2.45) is 0 Å². The maximum Gasteiger partial charge on any atom is 0.115 e. The molecule has 0 spiro atoms. The largest absolute Gasteiger partial charge is 0.508 e. The first-order valence-corrected chi connectivity index (χ1v) is 7.42. The highest BCUT2D eigenvalue weighted by molar-refractivity contribution is 6.35. The summed E-state index contributed by atoms with van der Waals surface area (Å²) < 4.78 is 0. The average Bonchev–Trinajstić information content (AvgIpc) is 2.38. The second kappa shape index (κ2) is 5.55. The maximum absolute atomic E-state index is 9.69. The molecule has 0 aliphatic heterocycles. The quantitative estimate of drug-likeness (QED) is 0.800. The molecule has 0 saturated heterocycles. The molecule has 2 aromatic carbocycles. The molecule has 0 radical (unpaired) electrons. The number of aromatic hydroxyl groups is 1. The number of benzene rings is 2. The van der Waals surface area contributed by atoms with Gasteiger partial charge in [-0.05, 0) is 60.7 Å². The summed E-state index contributed by atoms with van der Waals surface area (Å²) in [6, 6.07) is 11.2. The van der Waals surface area contributed by atoms with Crippen LogP contribution in [0.5, 0.6) is 5.75 Å². The zero-order valence-electron chi connectivity index (χ0n) is 10.9. The van der Waals surface area contributed by atoms with Gasteiger partial charge in [-0.3, -0.25) is 0 Å². The standard InChI is InChI=1S/C16H15Cl2NO/c17-11-6-12(18)8-13(7-11)19-16-3-1-2-10-4-5-14(20)9-15(10)16/h4-9,16,19-20H,1-3H2. The number of phenols is 1. The van der Waals surface area contributed by atoms with Crippen LogP contribution in [0.25, 0.3) is 0 Å². The number of phenolic OH excluding ortho intramolecular Hbond substituents is 1. The number of aryl methyl sites for hydroxylation is 1. The van der Waals surface area contributed by atoms with Crippen LogP contribution in [-0.4, -0.2) is 5.11 Å². The third kappa shape index (κ3) is 2.87. The predicted molar refractivity (Wildman–Crippen MR) is 83.9 cm³/mol. The predicted octanol–water partition coefficient (Wildman–Crippen LogP) is 5.19. The van der Waals surface area contributed by atoms with E-state index in [-0.39, 0.29) is 6.04 Å². The highest BCUT2D eigenvalue weighted by Crippen LogP contribution is 2.35. The molecular weight excluding hydrogens is 293 g/mol. The van der Waals surface area contributed by atoms with Crippen LogP contribution in [0.3, 0.4) is 0 Å². The Morgan fingerprint density at radius 3 is 2.55 bits per heavy atom. The first-order chi connectivity index (χ1) is 9.61. The van der Waals surface area contributed by atoms with Crippen LogP contribution in [0.2, 0.25) is 10.0 Å². The number of hydrogen-bond acceptors (Lipinski definition) is 2. The Balaban J connectivity index is 1.91. The summed E-state index contributed by atoms with van der Waals surface area (Å²) in [4.78, 5) is 0. The lowest BCUT2D eigenvalue weighted by Crippen LogP contribution is -2.17. The Morgan fingerprint density at radius 1 is 1.05 bits per heavy atom. The van der Waals surface area contributed by atoms with Crippen molar-refractivity contribution in [3.63, 3.8) is 0 Å². The van der Waals surface area contributed by atoms with Gasteiger partial charge in [-0.25, -0.2) is 0 Å². The molecule has 2 aromatic rings. The Morgan fingerprint density at radius 2 is 1.80 bits per heavy atom. The Bertz CT molecular complexity index is 622. The van der Waals surface area contributed by atoms with Crippen LogP contribution >= 0.6 is 23.2 Å². The summed E-state index contributed by atoms with van der Waals surface area (Å²) in [6.45, 7) is 0. The SMILES string of the molecule is Oc1ccc2c(c1)C(Nc1cc(Cl)cc(Cl)c1)CCC2. The molecule has 104 valence electrons. The number of halogens is 2. The third-order valence-electron chi connectivity index (χ3n) is 3.65. The monoisotopic (exact) mass is 307 g/mol. The summed E-state index contributed by atoms with van der Waals surface area (Å²) in [5.74, 6) is 0.307. The van der Waals surface area contributed by atoms with Gasteiger partial charge in [0.05, 0.1) is 6.04 Å². The molecule has 2 nitrogen and oxygen atoms in total. The maximum atomic E-state index is 9.69. The molecule has 1 unspecified atom stereocenters. The smallest absolute Gasteiger partial charge is 0.115 e. The van der Waals surface area contributed by atoms with Crippen LogP contribution in [0.1, 0.15) is 30.0 Å². The van der Waals surface area contributed by atoms with Gasteiger partial charge in [0.15, 0.2) is 0 Å². The fraction of sp³-hybridized carbons (Fsp3) is 0.250. The summed E-state index contributed by atoms with van der Waals surface area (Å²) in [5.41, 5.74) is 3.36. The second-order valence-electron chi connectivity index (χ2n) is 5.13. The molecule has 0 bridgehead atoms. The minimum absolute atomic E-state index is 0.181. The highest BCUT2D eigenvalue weighted by Gasteiger charge is 2.20. The minimum atomic E-state index is 0.181. The van der Waals surface area contributed by atoms with Crippen molar-refractivity contribution in [3.05, 3.63) is 57.6 Å². The van der Waals surface area contributed by atoms with Crippen molar-refractivity contribution < 1.29 is 5.11 Å². The minimum Gasteiger partial charge on any atom is -0.508 e. The van der Waals surface area contributed by atoms with Crippen LogP contribution in [0, 0.1) is 0 Å². The van der Waals surface area contributed by atoms with Crippen molar-refractivity contribution in [2.45, 2.75) is 25.3 Å². The van der Waals surface area contributed by atoms with E-state index in [4.69, 9.17) is 23.2 Å². The van der Waals surface area contributed by atoms with Gasteiger partial charge >= 0.3 is 0 Å². The fourth-order valence-electron chi connectivity index (χ4n) is 2.77. The van der Waals surface area contributed by atoms with Gasteiger partial charge < -0.3 is 10.4 Å². The lowest BCUT2D eigenvalue weighted by atomic mass is 9.87. The normalized spacial score (nSPS) is 17.6. The third-order valence-corrected chi connectivity index (χ3v) is 4.08. The van der Waals surface area contributed by atoms with Gasteiger partial charge in [0.25, 0.3) is 0 Å². The van der Waals surface area contributed by atoms with Gasteiger partial charge in [0, 0.05) is 15.7 Å². The van der Waals surface area contributed by atoms with E-state index in [1.807, 2.05) is 24.3 Å². The Labute approximate surface area is 128 Å². The van der Waals surface area contributed by atoms with E-state index >= 15 is 0 Å². The van der Waals surface area contributed by atoms with Crippen molar-refractivity contribution in [2.75, 3.05) is 5.32 Å². The molecule has 3 rings (SSSR count). The van der Waals surface area contributed by atoms with Crippen molar-refractivity contribution in [1.29, 1.82) is 0 Å². The lowest BCUT2D eigenvalue weighted by Gasteiger charge is -2.27. The van der Waals surface area contributed by atoms with Crippen LogP contribution in [-0.2, 0) is 6.42 Å². The van der Waals surface area contributed by atoms with E-state index in [1.54, 1.807) is 12.1 Å². The van der Waals surface area contributed by atoms with Gasteiger partial charge in [0.1, 0.15) is 5.75 Å². The molecule has 0 heterocycles. The van der Waals surface area contributed by atoms with Crippen molar-refractivity contribution >= 4 is 28.9 Å². The molecule has 0 fully saturated rings. The molecule has 20 heavy (non-hydrogen) atoms. The molecule has 0 saturated carbocycles. The van der Waals surface area contributed by atoms with E-state index in [2.05, 4.69) is 5.32 Å². The molecule has 1 atom stereocenters. The van der Waals surface area contributed by atoms with Crippen LogP contribution < -0.4 is 5.32 Å². The summed E-state index contributed by atoms with van der Waals surface area (Å²) in [7, 11) is 0. The topological polar surface area (TPSA) is 32.3 Å². The van der Waals surface area contributed by atoms with Crippen molar-refractivity contribution in [3.8, 4) is 5.75 Å². The number of nitrogens with one attached hydrogen (secondary N) is 1. The van der Waals surface area contributed by atoms with Gasteiger partial charge in [0.2, 0.25) is 0 Å². The van der Waals surface area contributed by atoms with E-state index in [0.29, 0.717) is 15.8 Å². The number of anilines is 1. The molecular formula is C16H15Cl2NO. The summed E-state index contributed by atoms with van der Waals surface area (Å²) in [6.07, 6.45) is 3.22. The first-order valence-electron chi connectivity index (χ1n) is 6.66. The number of fused-ring (bicyclic) bond motifs is 1. The van der Waals surface area contributed by atoms with E-state index < -0.39 is 0 Å². The Hall–Kier alpha value is -1.38. The highest BCUT2D eigenvalue weighted by atomic mass is 35.5. The molecule has 0 amide bonds. The molecule has 1 aliphatic carbocycles. The Kier molecular flexibility index (Phi) is 3.77. The second-order valence-corrected chi connectivity index (χ2v) is 6.00. The molecule has 2 N–H and O–H groups in total. The average molecular weight is 308 g/mol. The van der Waals surface area contributed by atoms with Gasteiger partial charge in [-0.2, -0.15) is 0 Å². The zero-order valence-corrected chi connectivity index (χ0v) is 12.4. The molecule has 4 heteroatoms. The van der Waals surface area contributed by atoms with Crippen LogP contribution in [0.15, 0.2) is 36.4 Å². The lowest BCUT2D eigenvalue weighted by molar-refractivity contribution is 0.471.